The van der Waals surface area contributed by atoms with Crippen LogP contribution in [0.5, 0.6) is 0 Å². The van der Waals surface area contributed by atoms with Crippen LogP contribution in [0.3, 0.4) is 0 Å². The van der Waals surface area contributed by atoms with Crippen molar-refractivity contribution in [1.82, 2.24) is 5.32 Å². The maximum atomic E-state index is 12.3. The van der Waals surface area contributed by atoms with Gasteiger partial charge in [0.2, 0.25) is 0 Å². The Labute approximate surface area is 134 Å². The van der Waals surface area contributed by atoms with Gasteiger partial charge in [0.1, 0.15) is 0 Å². The maximum absolute atomic E-state index is 12.3. The smallest absolute Gasteiger partial charge is 0.288 e. The van der Waals surface area contributed by atoms with E-state index in [0.29, 0.717) is 29.9 Å². The van der Waals surface area contributed by atoms with Gasteiger partial charge >= 0.3 is 0 Å². The number of rotatable bonds is 7. The number of aliphatic hydroxyl groups excluding tert-OH is 1. The molecule has 22 heavy (non-hydrogen) atoms. The molecule has 2 N–H and O–H groups in total. The summed E-state index contributed by atoms with van der Waals surface area (Å²) in [6.07, 6.45) is 1.71. The number of thioether (sulfide) groups is 1. The first-order valence-electron chi connectivity index (χ1n) is 7.51. The molecule has 1 heterocycles. The molecule has 0 aliphatic carbocycles. The van der Waals surface area contributed by atoms with E-state index in [-0.39, 0.29) is 18.1 Å². The second-order valence-corrected chi connectivity index (χ2v) is 6.88. The van der Waals surface area contributed by atoms with Crippen LogP contribution in [0.15, 0.2) is 29.2 Å². The largest absolute Gasteiger partial charge is 0.396 e. The minimum Gasteiger partial charge on any atom is -0.396 e. The minimum absolute atomic E-state index is 0.108. The van der Waals surface area contributed by atoms with Gasteiger partial charge in [-0.2, -0.15) is 8.78 Å². The molecular formula is C16H23F2NO2S. The zero-order chi connectivity index (χ0) is 16.0. The van der Waals surface area contributed by atoms with Gasteiger partial charge in [0.05, 0.1) is 6.61 Å². The van der Waals surface area contributed by atoms with Crippen LogP contribution >= 0.6 is 11.8 Å². The lowest BCUT2D eigenvalue weighted by Gasteiger charge is -2.36. The third kappa shape index (κ3) is 4.91. The van der Waals surface area contributed by atoms with Crippen molar-refractivity contribution < 1.29 is 18.6 Å². The van der Waals surface area contributed by atoms with Gasteiger partial charge in [-0.3, -0.25) is 0 Å². The van der Waals surface area contributed by atoms with Crippen LogP contribution < -0.4 is 5.32 Å². The van der Waals surface area contributed by atoms with Gasteiger partial charge in [0.25, 0.3) is 5.76 Å². The zero-order valence-corrected chi connectivity index (χ0v) is 13.5. The molecule has 0 spiro atoms. The van der Waals surface area contributed by atoms with E-state index in [9.17, 15) is 13.9 Å². The van der Waals surface area contributed by atoms with Crippen LogP contribution in [0.1, 0.15) is 31.4 Å². The quantitative estimate of drug-likeness (QED) is 0.751. The highest BCUT2D eigenvalue weighted by Crippen LogP contribution is 2.30. The molecule has 0 bridgehead atoms. The lowest BCUT2D eigenvalue weighted by molar-refractivity contribution is -0.0163. The monoisotopic (exact) mass is 331 g/mol. The van der Waals surface area contributed by atoms with E-state index >= 15 is 0 Å². The summed E-state index contributed by atoms with van der Waals surface area (Å²) in [6, 6.07) is 7.30. The standard InChI is InChI=1S/C16H23F2NO2S/c1-12(13-2-4-14(5-3-13)22-15(17)18)19-10-16(11-20)6-8-21-9-7-16/h2-5,12,15,19-20H,6-11H2,1H3. The maximum Gasteiger partial charge on any atom is 0.288 e. The van der Waals surface area contributed by atoms with E-state index < -0.39 is 5.76 Å². The van der Waals surface area contributed by atoms with E-state index in [0.717, 1.165) is 24.9 Å². The summed E-state index contributed by atoms with van der Waals surface area (Å²) in [6.45, 7) is 4.30. The van der Waals surface area contributed by atoms with Crippen molar-refractivity contribution >= 4 is 11.8 Å². The number of alkyl halides is 2. The highest BCUT2D eigenvalue weighted by Gasteiger charge is 2.32. The number of nitrogens with one attached hydrogen (secondary N) is 1. The van der Waals surface area contributed by atoms with Gasteiger partial charge in [-0.25, -0.2) is 0 Å². The van der Waals surface area contributed by atoms with Crippen molar-refractivity contribution in [3.63, 3.8) is 0 Å². The number of hydrogen-bond donors (Lipinski definition) is 2. The molecule has 1 saturated heterocycles. The van der Waals surface area contributed by atoms with E-state index in [4.69, 9.17) is 4.74 Å². The van der Waals surface area contributed by atoms with Crippen molar-refractivity contribution in [3.05, 3.63) is 29.8 Å². The molecule has 1 fully saturated rings. The molecule has 1 aromatic rings. The van der Waals surface area contributed by atoms with Crippen LogP contribution in [-0.2, 0) is 4.74 Å². The van der Waals surface area contributed by atoms with Gasteiger partial charge in [0.15, 0.2) is 0 Å². The molecule has 1 unspecified atom stereocenters. The molecule has 0 amide bonds. The molecule has 3 nitrogen and oxygen atoms in total. The highest BCUT2D eigenvalue weighted by molar-refractivity contribution is 7.99. The van der Waals surface area contributed by atoms with E-state index in [2.05, 4.69) is 5.32 Å². The average molecular weight is 331 g/mol. The summed E-state index contributed by atoms with van der Waals surface area (Å²) in [4.78, 5) is 0.571. The number of aliphatic hydroxyl groups is 1. The Morgan fingerprint density at radius 1 is 1.27 bits per heavy atom. The van der Waals surface area contributed by atoms with Crippen molar-refractivity contribution in [2.75, 3.05) is 26.4 Å². The number of benzene rings is 1. The van der Waals surface area contributed by atoms with Crippen LogP contribution in [-0.4, -0.2) is 37.2 Å². The van der Waals surface area contributed by atoms with Crippen LogP contribution in [0.25, 0.3) is 0 Å². The lowest BCUT2D eigenvalue weighted by atomic mass is 9.80. The highest BCUT2D eigenvalue weighted by atomic mass is 32.2. The van der Waals surface area contributed by atoms with Gasteiger partial charge in [-0.05, 0) is 37.5 Å². The molecule has 1 atom stereocenters. The summed E-state index contributed by atoms with van der Waals surface area (Å²) in [5, 5.41) is 13.1. The normalized spacial score (nSPS) is 19.3. The molecule has 6 heteroatoms. The Morgan fingerprint density at radius 3 is 2.45 bits per heavy atom. The topological polar surface area (TPSA) is 41.5 Å². The summed E-state index contributed by atoms with van der Waals surface area (Å²) in [7, 11) is 0. The third-order valence-electron chi connectivity index (χ3n) is 4.28. The molecule has 0 radical (unpaired) electrons. The number of hydrogen-bond acceptors (Lipinski definition) is 4. The Hall–Kier alpha value is -0.690. The average Bonchev–Trinajstić information content (AvgIpc) is 2.54. The van der Waals surface area contributed by atoms with E-state index in [1.165, 1.54) is 0 Å². The van der Waals surface area contributed by atoms with E-state index in [1.54, 1.807) is 12.1 Å². The van der Waals surface area contributed by atoms with Crippen LogP contribution in [0.4, 0.5) is 8.78 Å². The predicted octanol–water partition coefficient (Wildman–Crippen LogP) is 3.44. The first kappa shape index (κ1) is 17.7. The molecule has 124 valence electrons. The predicted molar refractivity (Wildman–Crippen MR) is 84.3 cm³/mol. The third-order valence-corrected chi connectivity index (χ3v) is 5.00. The summed E-state index contributed by atoms with van der Waals surface area (Å²) in [5.74, 6) is -2.39. The van der Waals surface area contributed by atoms with Gasteiger partial charge in [-0.15, -0.1) is 0 Å². The Balaban J connectivity index is 1.89. The Kier molecular flexibility index (Phi) is 6.62. The number of halogens is 2. The molecule has 1 aliphatic rings. The second kappa shape index (κ2) is 8.24. The summed E-state index contributed by atoms with van der Waals surface area (Å²) in [5.41, 5.74) is 0.941. The molecule has 0 aromatic heterocycles. The molecule has 1 aliphatic heterocycles. The minimum atomic E-state index is -2.39. The van der Waals surface area contributed by atoms with E-state index in [1.807, 2.05) is 19.1 Å². The second-order valence-electron chi connectivity index (χ2n) is 5.82. The SMILES string of the molecule is CC(NCC1(CO)CCOCC1)c1ccc(SC(F)F)cc1. The summed E-state index contributed by atoms with van der Waals surface area (Å²) < 4.78 is 30.0. The first-order chi connectivity index (χ1) is 10.5. The van der Waals surface area contributed by atoms with Crippen LogP contribution in [0.2, 0.25) is 0 Å². The molecular weight excluding hydrogens is 308 g/mol. The fourth-order valence-corrected chi connectivity index (χ4v) is 3.12. The Bertz CT molecular complexity index is 450. The van der Waals surface area contributed by atoms with Crippen molar-refractivity contribution in [2.24, 2.45) is 5.41 Å². The first-order valence-corrected chi connectivity index (χ1v) is 8.39. The van der Waals surface area contributed by atoms with Crippen molar-refractivity contribution in [3.8, 4) is 0 Å². The molecule has 2 rings (SSSR count). The van der Waals surface area contributed by atoms with Gasteiger partial charge in [-0.1, -0.05) is 23.9 Å². The molecule has 0 saturated carbocycles. The summed E-state index contributed by atoms with van der Waals surface area (Å²) >= 11 is 0.557. The zero-order valence-electron chi connectivity index (χ0n) is 12.7. The number of ether oxygens (including phenoxy) is 1. The lowest BCUT2D eigenvalue weighted by Crippen LogP contribution is -2.42. The van der Waals surface area contributed by atoms with Crippen molar-refractivity contribution in [1.29, 1.82) is 0 Å². The van der Waals surface area contributed by atoms with Crippen LogP contribution in [0, 0.1) is 5.41 Å². The molecule has 1 aromatic carbocycles. The van der Waals surface area contributed by atoms with Gasteiger partial charge in [0, 0.05) is 36.1 Å². The van der Waals surface area contributed by atoms with Crippen molar-refractivity contribution in [2.45, 2.75) is 36.5 Å². The Morgan fingerprint density at radius 2 is 1.91 bits per heavy atom. The fourth-order valence-electron chi connectivity index (χ4n) is 2.62. The fraction of sp³-hybridized carbons (Fsp3) is 0.625. The van der Waals surface area contributed by atoms with Gasteiger partial charge < -0.3 is 15.2 Å².